The number of sulfonamides is 1. The Labute approximate surface area is 281 Å². The highest BCUT2D eigenvalue weighted by molar-refractivity contribution is 7.92. The molecule has 0 aromatic heterocycles. The molecule has 248 valence electrons. The molecule has 0 unspecified atom stereocenters. The second-order valence-corrected chi connectivity index (χ2v) is 13.6. The Hall–Kier alpha value is -4.41. The minimum atomic E-state index is -4.32. The number of halogens is 2. The van der Waals surface area contributed by atoms with Crippen LogP contribution in [0.4, 0.5) is 10.1 Å². The zero-order valence-corrected chi connectivity index (χ0v) is 28.2. The van der Waals surface area contributed by atoms with E-state index in [1.165, 1.54) is 47.4 Å². The number of anilines is 1. The van der Waals surface area contributed by atoms with Crippen molar-refractivity contribution in [2.24, 2.45) is 5.92 Å². The molecule has 1 N–H and O–H groups in total. The average Bonchev–Trinajstić information content (AvgIpc) is 3.06. The molecule has 0 saturated heterocycles. The maximum atomic E-state index is 15.1. The normalized spacial score (nSPS) is 12.0. The van der Waals surface area contributed by atoms with Crippen LogP contribution in [0.3, 0.4) is 0 Å². The largest absolute Gasteiger partial charge is 0.494 e. The van der Waals surface area contributed by atoms with Gasteiger partial charge in [0, 0.05) is 30.1 Å². The third-order valence-corrected chi connectivity index (χ3v) is 9.41. The van der Waals surface area contributed by atoms with E-state index >= 15 is 4.39 Å². The third kappa shape index (κ3) is 9.56. The highest BCUT2D eigenvalue weighted by atomic mass is 35.5. The molecule has 0 bridgehead atoms. The van der Waals surface area contributed by atoms with Crippen molar-refractivity contribution in [2.75, 3.05) is 24.0 Å². The second-order valence-electron chi connectivity index (χ2n) is 11.4. The Kier molecular flexibility index (Phi) is 12.4. The molecule has 1 atom stereocenters. The van der Waals surface area contributed by atoms with Gasteiger partial charge in [0.1, 0.15) is 24.2 Å². The quantitative estimate of drug-likeness (QED) is 0.155. The Morgan fingerprint density at radius 1 is 0.894 bits per heavy atom. The molecule has 0 fully saturated rings. The molecular formula is C36H39ClFN3O5S. The lowest BCUT2D eigenvalue weighted by Crippen LogP contribution is -2.53. The van der Waals surface area contributed by atoms with Gasteiger partial charge in [-0.15, -0.1) is 0 Å². The lowest BCUT2D eigenvalue weighted by Gasteiger charge is -2.34. The Morgan fingerprint density at radius 3 is 2.15 bits per heavy atom. The number of carbonyl (C=O) groups excluding carboxylic acids is 2. The van der Waals surface area contributed by atoms with Gasteiger partial charge in [-0.05, 0) is 73.0 Å². The number of hydrogen-bond donors (Lipinski definition) is 1. The fourth-order valence-electron chi connectivity index (χ4n) is 4.92. The van der Waals surface area contributed by atoms with Crippen molar-refractivity contribution in [3.8, 4) is 5.75 Å². The summed E-state index contributed by atoms with van der Waals surface area (Å²) in [5.74, 6) is -1.02. The van der Waals surface area contributed by atoms with Gasteiger partial charge in [-0.25, -0.2) is 12.8 Å². The maximum absolute atomic E-state index is 15.1. The second kappa shape index (κ2) is 16.4. The number of hydrogen-bond acceptors (Lipinski definition) is 5. The molecule has 0 spiro atoms. The molecule has 0 heterocycles. The summed E-state index contributed by atoms with van der Waals surface area (Å²) < 4.78 is 49.9. The van der Waals surface area contributed by atoms with Crippen LogP contribution in [-0.4, -0.2) is 50.9 Å². The Bertz CT molecular complexity index is 1740. The molecule has 0 aliphatic heterocycles. The zero-order chi connectivity index (χ0) is 34.0. The van der Waals surface area contributed by atoms with Crippen molar-refractivity contribution in [2.45, 2.75) is 44.7 Å². The van der Waals surface area contributed by atoms with Gasteiger partial charge in [-0.1, -0.05) is 74.0 Å². The summed E-state index contributed by atoms with van der Waals surface area (Å²) >= 11 is 6.05. The zero-order valence-electron chi connectivity index (χ0n) is 26.6. The Morgan fingerprint density at radius 2 is 1.53 bits per heavy atom. The van der Waals surface area contributed by atoms with Crippen molar-refractivity contribution in [3.63, 3.8) is 0 Å². The molecule has 4 aromatic carbocycles. The van der Waals surface area contributed by atoms with Gasteiger partial charge in [0.2, 0.25) is 11.8 Å². The predicted molar refractivity (Wildman–Crippen MR) is 182 cm³/mol. The standard InChI is InChI=1S/C36H39ClFN3O5S/c1-4-46-31-18-16-30(17-19-31)41(47(44,45)32-20-14-29(37)15-21-32)25-35(42)40(24-28-12-8-9-13-33(28)38)34(36(43)39-23-26(2)3)22-27-10-6-5-7-11-27/h5-21,26,34H,4,22-25H2,1-3H3,(H,39,43)/t34-/m0/s1. The van der Waals surface area contributed by atoms with Crippen molar-refractivity contribution < 1.29 is 27.1 Å². The number of nitrogens with one attached hydrogen (secondary N) is 1. The first-order valence-electron chi connectivity index (χ1n) is 15.3. The van der Waals surface area contributed by atoms with Gasteiger partial charge in [0.15, 0.2) is 0 Å². The highest BCUT2D eigenvalue weighted by Gasteiger charge is 2.35. The lowest BCUT2D eigenvalue weighted by molar-refractivity contribution is -0.140. The first kappa shape index (κ1) is 35.4. The molecule has 0 radical (unpaired) electrons. The summed E-state index contributed by atoms with van der Waals surface area (Å²) in [5.41, 5.74) is 1.16. The van der Waals surface area contributed by atoms with E-state index in [1.807, 2.05) is 51.1 Å². The van der Waals surface area contributed by atoms with Crippen LogP contribution < -0.4 is 14.4 Å². The van der Waals surface area contributed by atoms with E-state index in [-0.39, 0.29) is 35.0 Å². The molecule has 8 nitrogen and oxygen atoms in total. The first-order chi connectivity index (χ1) is 22.5. The smallest absolute Gasteiger partial charge is 0.264 e. The van der Waals surface area contributed by atoms with Crippen LogP contribution in [0.2, 0.25) is 5.02 Å². The van der Waals surface area contributed by atoms with Crippen molar-refractivity contribution in [1.29, 1.82) is 0 Å². The van der Waals surface area contributed by atoms with Gasteiger partial charge in [-0.3, -0.25) is 13.9 Å². The van der Waals surface area contributed by atoms with Crippen molar-refractivity contribution >= 4 is 39.1 Å². The maximum Gasteiger partial charge on any atom is 0.264 e. The van der Waals surface area contributed by atoms with Crippen LogP contribution in [0.1, 0.15) is 31.9 Å². The van der Waals surface area contributed by atoms with Crippen molar-refractivity contribution in [1.82, 2.24) is 10.2 Å². The van der Waals surface area contributed by atoms with Crippen LogP contribution in [-0.2, 0) is 32.6 Å². The molecule has 2 amide bonds. The predicted octanol–water partition coefficient (Wildman–Crippen LogP) is 6.49. The molecule has 4 rings (SSSR count). The fourth-order valence-corrected chi connectivity index (χ4v) is 6.46. The van der Waals surface area contributed by atoms with E-state index in [0.717, 1.165) is 9.87 Å². The summed E-state index contributed by atoms with van der Waals surface area (Å²) in [6.07, 6.45) is 0.123. The minimum Gasteiger partial charge on any atom is -0.494 e. The molecular weight excluding hydrogens is 641 g/mol. The van der Waals surface area contributed by atoms with E-state index in [2.05, 4.69) is 5.32 Å². The number of carbonyl (C=O) groups is 2. The van der Waals surface area contributed by atoms with Gasteiger partial charge in [-0.2, -0.15) is 0 Å². The average molecular weight is 680 g/mol. The van der Waals surface area contributed by atoms with Crippen LogP contribution in [0.25, 0.3) is 0 Å². The first-order valence-corrected chi connectivity index (χ1v) is 17.2. The number of benzene rings is 4. The topological polar surface area (TPSA) is 96.0 Å². The van der Waals surface area contributed by atoms with Gasteiger partial charge in [0.05, 0.1) is 17.2 Å². The monoisotopic (exact) mass is 679 g/mol. The molecule has 47 heavy (non-hydrogen) atoms. The fraction of sp³-hybridized carbons (Fsp3) is 0.278. The third-order valence-electron chi connectivity index (χ3n) is 7.37. The van der Waals surface area contributed by atoms with E-state index in [9.17, 15) is 18.0 Å². The van der Waals surface area contributed by atoms with Crippen LogP contribution in [0, 0.1) is 11.7 Å². The summed E-state index contributed by atoms with van der Waals surface area (Å²) in [5, 5.41) is 3.27. The van der Waals surface area contributed by atoms with Gasteiger partial charge in [0.25, 0.3) is 10.0 Å². The van der Waals surface area contributed by atoms with Crippen LogP contribution in [0.5, 0.6) is 5.75 Å². The molecule has 11 heteroatoms. The van der Waals surface area contributed by atoms with Crippen LogP contribution >= 0.6 is 11.6 Å². The van der Waals surface area contributed by atoms with Crippen LogP contribution in [0.15, 0.2) is 108 Å². The SMILES string of the molecule is CCOc1ccc(N(CC(=O)N(Cc2ccccc2F)[C@@H](Cc2ccccc2)C(=O)NCC(C)C)S(=O)(=O)c2ccc(Cl)cc2)cc1. The number of ether oxygens (including phenoxy) is 1. The number of rotatable bonds is 15. The summed E-state index contributed by atoms with van der Waals surface area (Å²) in [4.78, 5) is 29.5. The minimum absolute atomic E-state index is 0.0836. The number of nitrogens with zero attached hydrogens (tertiary/aromatic N) is 2. The molecule has 0 saturated carbocycles. The molecule has 0 aliphatic carbocycles. The van der Waals surface area contributed by atoms with Crippen molar-refractivity contribution in [3.05, 3.63) is 125 Å². The van der Waals surface area contributed by atoms with E-state index < -0.39 is 40.2 Å². The lowest BCUT2D eigenvalue weighted by atomic mass is 10.0. The Balaban J connectivity index is 1.80. The molecule has 4 aromatic rings. The van der Waals surface area contributed by atoms with Gasteiger partial charge >= 0.3 is 0 Å². The highest BCUT2D eigenvalue weighted by Crippen LogP contribution is 2.28. The summed E-state index contributed by atoms with van der Waals surface area (Å²) in [7, 11) is -4.32. The van der Waals surface area contributed by atoms with E-state index in [4.69, 9.17) is 16.3 Å². The molecule has 0 aliphatic rings. The van der Waals surface area contributed by atoms with E-state index in [1.54, 1.807) is 30.3 Å². The van der Waals surface area contributed by atoms with E-state index in [0.29, 0.717) is 23.9 Å². The number of amides is 2. The summed E-state index contributed by atoms with van der Waals surface area (Å²) in [6, 6.07) is 26.0. The summed E-state index contributed by atoms with van der Waals surface area (Å²) in [6.45, 7) is 5.56. The van der Waals surface area contributed by atoms with Gasteiger partial charge < -0.3 is 15.0 Å².